The first-order chi connectivity index (χ1) is 13.9. The number of hydrogen-bond acceptors (Lipinski definition) is 4. The molecule has 0 bridgehead atoms. The fraction of sp³-hybridized carbons (Fsp3) is 0.391. The Morgan fingerprint density at radius 2 is 1.79 bits per heavy atom. The van der Waals surface area contributed by atoms with Crippen LogP contribution in [0.2, 0.25) is 0 Å². The van der Waals surface area contributed by atoms with E-state index in [2.05, 4.69) is 0 Å². The quantitative estimate of drug-likeness (QED) is 0.722. The lowest BCUT2D eigenvalue weighted by molar-refractivity contribution is -0.128. The Balaban J connectivity index is 1.60. The number of benzene rings is 2. The van der Waals surface area contributed by atoms with E-state index in [4.69, 9.17) is 9.47 Å². The highest BCUT2D eigenvalue weighted by Gasteiger charge is 2.35. The first-order valence-electron chi connectivity index (χ1n) is 9.76. The van der Waals surface area contributed by atoms with Gasteiger partial charge in [0.15, 0.2) is 11.5 Å². The number of aryl methyl sites for hydroxylation is 1. The average Bonchev–Trinajstić information content (AvgIpc) is 3.12. The zero-order valence-electron chi connectivity index (χ0n) is 17.5. The van der Waals surface area contributed by atoms with Crippen molar-refractivity contribution in [3.05, 3.63) is 53.6 Å². The van der Waals surface area contributed by atoms with Gasteiger partial charge in [0.25, 0.3) is 0 Å². The molecule has 154 valence electrons. The van der Waals surface area contributed by atoms with Crippen molar-refractivity contribution in [1.82, 2.24) is 4.90 Å². The van der Waals surface area contributed by atoms with E-state index in [9.17, 15) is 9.59 Å². The van der Waals surface area contributed by atoms with Crippen LogP contribution in [0.15, 0.2) is 42.5 Å². The van der Waals surface area contributed by atoms with Crippen LogP contribution < -0.4 is 14.4 Å². The van der Waals surface area contributed by atoms with E-state index < -0.39 is 0 Å². The lowest BCUT2D eigenvalue weighted by atomic mass is 10.1. The van der Waals surface area contributed by atoms with E-state index in [-0.39, 0.29) is 24.2 Å². The Kier molecular flexibility index (Phi) is 6.42. The normalized spacial score (nSPS) is 16.1. The number of nitrogens with zero attached hydrogens (tertiary/aromatic N) is 2. The summed E-state index contributed by atoms with van der Waals surface area (Å²) in [5.41, 5.74) is 3.05. The molecule has 0 spiro atoms. The summed E-state index contributed by atoms with van der Waals surface area (Å²) >= 11 is 0. The van der Waals surface area contributed by atoms with Gasteiger partial charge in [-0.2, -0.15) is 0 Å². The second kappa shape index (κ2) is 8.99. The molecule has 3 rings (SSSR count). The van der Waals surface area contributed by atoms with Gasteiger partial charge in [0.05, 0.1) is 20.1 Å². The largest absolute Gasteiger partial charge is 0.493 e. The summed E-state index contributed by atoms with van der Waals surface area (Å²) < 4.78 is 10.6. The van der Waals surface area contributed by atoms with E-state index in [0.29, 0.717) is 31.0 Å². The molecule has 0 saturated carbocycles. The van der Waals surface area contributed by atoms with Gasteiger partial charge < -0.3 is 19.3 Å². The molecule has 29 heavy (non-hydrogen) atoms. The van der Waals surface area contributed by atoms with Gasteiger partial charge in [-0.05, 0) is 43.2 Å². The number of carbonyl (C=O) groups is 2. The number of likely N-dealkylation sites (tertiary alicyclic amines) is 1. The SMILES string of the molecule is COc1ccc(CCN2CC(C(=O)N(C)c3ccc(C)cc3)CC2=O)cc1OC. The van der Waals surface area contributed by atoms with Gasteiger partial charge in [-0.25, -0.2) is 0 Å². The molecule has 6 heteroatoms. The predicted molar refractivity (Wildman–Crippen MR) is 113 cm³/mol. The monoisotopic (exact) mass is 396 g/mol. The molecule has 1 fully saturated rings. The maximum Gasteiger partial charge on any atom is 0.232 e. The van der Waals surface area contributed by atoms with Crippen molar-refractivity contribution in [3.8, 4) is 11.5 Å². The van der Waals surface area contributed by atoms with E-state index in [1.54, 1.807) is 31.1 Å². The van der Waals surface area contributed by atoms with Crippen LogP contribution in [0.1, 0.15) is 17.5 Å². The molecule has 1 aliphatic rings. The minimum absolute atomic E-state index is 0.0178. The Labute approximate surface area is 172 Å². The van der Waals surface area contributed by atoms with E-state index in [0.717, 1.165) is 16.8 Å². The molecule has 6 nitrogen and oxygen atoms in total. The van der Waals surface area contributed by atoms with Crippen LogP contribution in [0.25, 0.3) is 0 Å². The Bertz CT molecular complexity index is 879. The number of amides is 2. The summed E-state index contributed by atoms with van der Waals surface area (Å²) in [4.78, 5) is 28.7. The summed E-state index contributed by atoms with van der Waals surface area (Å²) in [5, 5.41) is 0. The Morgan fingerprint density at radius 1 is 1.10 bits per heavy atom. The lowest BCUT2D eigenvalue weighted by Gasteiger charge is -2.22. The molecule has 0 aliphatic carbocycles. The van der Waals surface area contributed by atoms with E-state index in [1.165, 1.54) is 0 Å². The highest BCUT2D eigenvalue weighted by atomic mass is 16.5. The first kappa shape index (κ1) is 20.7. The summed E-state index contributed by atoms with van der Waals surface area (Å²) in [5.74, 6) is 1.06. The maximum atomic E-state index is 12.9. The highest BCUT2D eigenvalue weighted by Crippen LogP contribution is 2.28. The van der Waals surface area contributed by atoms with E-state index in [1.807, 2.05) is 49.4 Å². The van der Waals surface area contributed by atoms with Crippen LogP contribution in [0.3, 0.4) is 0 Å². The third-order valence-electron chi connectivity index (χ3n) is 5.43. The molecule has 0 radical (unpaired) electrons. The van der Waals surface area contributed by atoms with Crippen LogP contribution in [-0.4, -0.2) is 51.1 Å². The average molecular weight is 396 g/mol. The van der Waals surface area contributed by atoms with Crippen LogP contribution >= 0.6 is 0 Å². The van der Waals surface area contributed by atoms with Crippen molar-refractivity contribution in [3.63, 3.8) is 0 Å². The fourth-order valence-corrected chi connectivity index (χ4v) is 3.62. The van der Waals surface area contributed by atoms with Gasteiger partial charge in [0.2, 0.25) is 11.8 Å². The van der Waals surface area contributed by atoms with Gasteiger partial charge in [-0.15, -0.1) is 0 Å². The molecule has 2 amide bonds. The van der Waals surface area contributed by atoms with Gasteiger partial charge in [0, 0.05) is 32.2 Å². The van der Waals surface area contributed by atoms with Gasteiger partial charge >= 0.3 is 0 Å². The minimum atomic E-state index is -0.306. The second-order valence-corrected chi connectivity index (χ2v) is 7.41. The molecule has 1 unspecified atom stereocenters. The number of ether oxygens (including phenoxy) is 2. The van der Waals surface area contributed by atoms with Crippen LogP contribution in [-0.2, 0) is 16.0 Å². The topological polar surface area (TPSA) is 59.1 Å². The van der Waals surface area contributed by atoms with Crippen molar-refractivity contribution >= 4 is 17.5 Å². The van der Waals surface area contributed by atoms with E-state index >= 15 is 0 Å². The van der Waals surface area contributed by atoms with Crippen molar-refractivity contribution in [2.75, 3.05) is 39.3 Å². The molecule has 2 aromatic rings. The predicted octanol–water partition coefficient (Wildman–Crippen LogP) is 3.07. The third kappa shape index (κ3) is 4.70. The second-order valence-electron chi connectivity index (χ2n) is 7.41. The lowest BCUT2D eigenvalue weighted by Crippen LogP contribution is -2.35. The molecule has 1 saturated heterocycles. The standard InChI is InChI=1S/C23H28N2O4/c1-16-5-8-19(9-6-16)24(2)23(27)18-14-22(26)25(15-18)12-11-17-7-10-20(28-3)21(13-17)29-4/h5-10,13,18H,11-12,14-15H2,1-4H3. The summed E-state index contributed by atoms with van der Waals surface area (Å²) in [7, 11) is 4.97. The van der Waals surface area contributed by atoms with Crippen LogP contribution in [0.4, 0.5) is 5.69 Å². The van der Waals surface area contributed by atoms with Crippen molar-refractivity contribution in [2.24, 2.45) is 5.92 Å². The third-order valence-corrected chi connectivity index (χ3v) is 5.43. The molecular weight excluding hydrogens is 368 g/mol. The zero-order chi connectivity index (χ0) is 21.0. The van der Waals surface area contributed by atoms with Crippen LogP contribution in [0, 0.1) is 12.8 Å². The molecule has 1 heterocycles. The summed E-state index contributed by atoms with van der Waals surface area (Å²) in [6.45, 7) is 3.05. The minimum Gasteiger partial charge on any atom is -0.493 e. The highest BCUT2D eigenvalue weighted by molar-refractivity contribution is 5.98. The summed E-state index contributed by atoms with van der Waals surface area (Å²) in [6, 6.07) is 13.6. The van der Waals surface area contributed by atoms with Crippen LogP contribution in [0.5, 0.6) is 11.5 Å². The summed E-state index contributed by atoms with van der Waals surface area (Å²) in [6.07, 6.45) is 0.960. The van der Waals surface area contributed by atoms with Crippen molar-refractivity contribution in [1.29, 1.82) is 0 Å². The maximum absolute atomic E-state index is 12.9. The van der Waals surface area contributed by atoms with Gasteiger partial charge in [-0.3, -0.25) is 9.59 Å². The molecule has 1 atom stereocenters. The molecular formula is C23H28N2O4. The molecule has 0 N–H and O–H groups in total. The number of methoxy groups -OCH3 is 2. The zero-order valence-corrected chi connectivity index (χ0v) is 17.5. The molecule has 2 aromatic carbocycles. The Morgan fingerprint density at radius 3 is 2.45 bits per heavy atom. The van der Waals surface area contributed by atoms with Gasteiger partial charge in [-0.1, -0.05) is 23.8 Å². The number of carbonyl (C=O) groups excluding carboxylic acids is 2. The van der Waals surface area contributed by atoms with Crippen molar-refractivity contribution < 1.29 is 19.1 Å². The molecule has 0 aromatic heterocycles. The number of rotatable bonds is 7. The Hall–Kier alpha value is -3.02. The first-order valence-corrected chi connectivity index (χ1v) is 9.76. The number of hydrogen-bond donors (Lipinski definition) is 0. The molecule has 1 aliphatic heterocycles. The fourth-order valence-electron chi connectivity index (χ4n) is 3.62. The van der Waals surface area contributed by atoms with Gasteiger partial charge in [0.1, 0.15) is 0 Å². The number of anilines is 1. The smallest absolute Gasteiger partial charge is 0.232 e. The van der Waals surface area contributed by atoms with Crippen molar-refractivity contribution in [2.45, 2.75) is 19.8 Å².